The van der Waals surface area contributed by atoms with E-state index in [2.05, 4.69) is 52.9 Å². The second-order valence-electron chi connectivity index (χ2n) is 12.0. The van der Waals surface area contributed by atoms with E-state index in [0.29, 0.717) is 6.07 Å². The number of pyridine rings is 1. The van der Waals surface area contributed by atoms with Crippen molar-refractivity contribution in [2.45, 2.75) is 5.54 Å². The monoisotopic (exact) mass is 691 g/mol. The molecular formula is C42H28ClF2N5O. The molecule has 8 aromatic rings. The van der Waals surface area contributed by atoms with Crippen LogP contribution >= 0.6 is 11.6 Å². The summed E-state index contributed by atoms with van der Waals surface area (Å²) in [5, 5.41) is 7.64. The van der Waals surface area contributed by atoms with Gasteiger partial charge < -0.3 is 5.32 Å². The lowest BCUT2D eigenvalue weighted by molar-refractivity contribution is 0.102. The predicted octanol–water partition coefficient (Wildman–Crippen LogP) is 9.89. The highest BCUT2D eigenvalue weighted by atomic mass is 35.5. The summed E-state index contributed by atoms with van der Waals surface area (Å²) in [6.45, 7) is 0. The topological polar surface area (TPSA) is 64.2 Å². The molecule has 0 fully saturated rings. The van der Waals surface area contributed by atoms with Gasteiger partial charge in [0.05, 0.1) is 34.4 Å². The second kappa shape index (κ2) is 13.2. The molecule has 9 heteroatoms. The van der Waals surface area contributed by atoms with Crippen LogP contribution in [0.5, 0.6) is 0 Å². The average Bonchev–Trinajstić information content (AvgIpc) is 3.83. The summed E-state index contributed by atoms with van der Waals surface area (Å²) in [6.07, 6.45) is 7.68. The van der Waals surface area contributed by atoms with Gasteiger partial charge in [-0.3, -0.25) is 13.9 Å². The maximum Gasteiger partial charge on any atom is 0.257 e. The number of amides is 1. The molecule has 0 aliphatic heterocycles. The van der Waals surface area contributed by atoms with Gasteiger partial charge in [-0.25, -0.2) is 13.8 Å². The smallest absolute Gasteiger partial charge is 0.257 e. The fourth-order valence-corrected chi connectivity index (χ4v) is 6.86. The molecule has 8 rings (SSSR count). The van der Waals surface area contributed by atoms with Crippen molar-refractivity contribution < 1.29 is 13.6 Å². The Morgan fingerprint density at radius 2 is 1.29 bits per heavy atom. The van der Waals surface area contributed by atoms with Crippen LogP contribution in [0.15, 0.2) is 164 Å². The molecule has 5 aromatic carbocycles. The quantitative estimate of drug-likeness (QED) is 0.161. The molecule has 0 saturated carbocycles. The molecule has 248 valence electrons. The Morgan fingerprint density at radius 1 is 0.667 bits per heavy atom. The zero-order valence-electron chi connectivity index (χ0n) is 26.9. The van der Waals surface area contributed by atoms with Crippen LogP contribution in [0.1, 0.15) is 27.0 Å². The number of halogens is 3. The summed E-state index contributed by atoms with van der Waals surface area (Å²) in [4.78, 5) is 17.5. The molecule has 0 atom stereocenters. The van der Waals surface area contributed by atoms with Crippen molar-refractivity contribution in [3.63, 3.8) is 0 Å². The SMILES string of the molecule is O=C(Nc1ccc(F)cc1F)c1ccc(-c2cnc3ccc(-c4cnn(C(c5ccccc5)(c5ccccc5)c5ccccc5)c4)cn23)cc1Cl. The Balaban J connectivity index is 1.17. The Kier molecular flexibility index (Phi) is 8.22. The minimum absolute atomic E-state index is 0.143. The highest BCUT2D eigenvalue weighted by Crippen LogP contribution is 2.41. The van der Waals surface area contributed by atoms with Crippen molar-refractivity contribution in [1.29, 1.82) is 0 Å². The summed E-state index contributed by atoms with van der Waals surface area (Å²) < 4.78 is 31.5. The zero-order valence-corrected chi connectivity index (χ0v) is 27.7. The van der Waals surface area contributed by atoms with Crippen LogP contribution in [0.4, 0.5) is 14.5 Å². The van der Waals surface area contributed by atoms with Gasteiger partial charge in [-0.15, -0.1) is 0 Å². The van der Waals surface area contributed by atoms with Gasteiger partial charge in [0.1, 0.15) is 22.8 Å². The number of hydrogen-bond donors (Lipinski definition) is 1. The number of fused-ring (bicyclic) bond motifs is 1. The summed E-state index contributed by atoms with van der Waals surface area (Å²) in [6, 6.07) is 43.0. The summed E-state index contributed by atoms with van der Waals surface area (Å²) in [5.74, 6) is -2.24. The van der Waals surface area contributed by atoms with Gasteiger partial charge in [0.15, 0.2) is 0 Å². The normalized spacial score (nSPS) is 11.5. The molecule has 0 aliphatic rings. The van der Waals surface area contributed by atoms with Crippen molar-refractivity contribution >= 4 is 28.8 Å². The van der Waals surface area contributed by atoms with E-state index in [1.807, 2.05) is 88.2 Å². The molecule has 6 nitrogen and oxygen atoms in total. The first-order chi connectivity index (χ1) is 24.9. The molecular weight excluding hydrogens is 664 g/mol. The molecule has 3 aromatic heterocycles. The van der Waals surface area contributed by atoms with Gasteiger partial charge in [-0.2, -0.15) is 5.10 Å². The lowest BCUT2D eigenvalue weighted by Gasteiger charge is -2.36. The van der Waals surface area contributed by atoms with E-state index in [-0.39, 0.29) is 16.3 Å². The predicted molar refractivity (Wildman–Crippen MR) is 196 cm³/mol. The van der Waals surface area contributed by atoms with Gasteiger partial charge in [-0.1, -0.05) is 109 Å². The van der Waals surface area contributed by atoms with Gasteiger partial charge in [-0.05, 0) is 53.1 Å². The summed E-state index contributed by atoms with van der Waals surface area (Å²) in [7, 11) is 0. The molecule has 1 N–H and O–H groups in total. The number of benzene rings is 5. The maximum atomic E-state index is 14.2. The van der Waals surface area contributed by atoms with E-state index in [1.54, 1.807) is 24.4 Å². The van der Waals surface area contributed by atoms with E-state index < -0.39 is 23.1 Å². The third-order valence-electron chi connectivity index (χ3n) is 9.03. The molecule has 0 saturated heterocycles. The number of nitrogens with zero attached hydrogens (tertiary/aromatic N) is 4. The Labute approximate surface area is 297 Å². The van der Waals surface area contributed by atoms with Crippen molar-refractivity contribution in [2.75, 3.05) is 5.32 Å². The Hall–Kier alpha value is -6.38. The van der Waals surface area contributed by atoms with E-state index in [1.165, 1.54) is 0 Å². The first-order valence-corrected chi connectivity index (χ1v) is 16.5. The molecule has 3 heterocycles. The highest BCUT2D eigenvalue weighted by Gasteiger charge is 2.39. The van der Waals surface area contributed by atoms with Crippen LogP contribution in [0, 0.1) is 11.6 Å². The first kappa shape index (κ1) is 31.9. The number of rotatable bonds is 8. The van der Waals surface area contributed by atoms with Gasteiger partial charge >= 0.3 is 0 Å². The third-order valence-corrected chi connectivity index (χ3v) is 9.34. The second-order valence-corrected chi connectivity index (χ2v) is 12.5. The first-order valence-electron chi connectivity index (χ1n) is 16.2. The van der Waals surface area contributed by atoms with Gasteiger partial charge in [0, 0.05) is 35.2 Å². The third kappa shape index (κ3) is 5.75. The molecule has 0 aliphatic carbocycles. The lowest BCUT2D eigenvalue weighted by Crippen LogP contribution is -2.38. The number of carbonyl (C=O) groups excluding carboxylic acids is 1. The maximum absolute atomic E-state index is 14.2. The minimum atomic E-state index is -0.881. The molecule has 0 spiro atoms. The van der Waals surface area contributed by atoms with Crippen molar-refractivity contribution in [1.82, 2.24) is 19.2 Å². The number of nitrogens with one attached hydrogen (secondary N) is 1. The van der Waals surface area contributed by atoms with Crippen LogP contribution in [-0.2, 0) is 5.54 Å². The Bertz CT molecular complexity index is 2420. The fraction of sp³-hybridized carbons (Fsp3) is 0.0238. The highest BCUT2D eigenvalue weighted by molar-refractivity contribution is 6.34. The fourth-order valence-electron chi connectivity index (χ4n) is 6.59. The van der Waals surface area contributed by atoms with Gasteiger partial charge in [0.2, 0.25) is 0 Å². The van der Waals surface area contributed by atoms with Gasteiger partial charge in [0.25, 0.3) is 5.91 Å². The molecule has 0 bridgehead atoms. The molecule has 0 radical (unpaired) electrons. The molecule has 0 unspecified atom stereocenters. The standard InChI is InChI=1S/C42H28ClF2N5O/c43-36-22-28(16-19-35(36)41(51)48-38-20-18-34(44)23-37(38)45)39-25-46-40-21-17-29(26-49(39)40)30-24-47-50(27-30)42(31-10-4-1-5-11-31,32-12-6-2-7-13-32)33-14-8-3-9-15-33/h1-27H,(H,48,51). The van der Waals surface area contributed by atoms with E-state index >= 15 is 0 Å². The number of imidazole rings is 1. The summed E-state index contributed by atoms with van der Waals surface area (Å²) >= 11 is 6.59. The van der Waals surface area contributed by atoms with Crippen LogP contribution in [0.2, 0.25) is 5.02 Å². The average molecular weight is 692 g/mol. The van der Waals surface area contributed by atoms with Crippen LogP contribution in [0.25, 0.3) is 28.0 Å². The number of carbonyl (C=O) groups is 1. The summed E-state index contributed by atoms with van der Waals surface area (Å²) in [5.41, 5.74) is 6.48. The van der Waals surface area contributed by atoms with Crippen LogP contribution in [0.3, 0.4) is 0 Å². The number of hydrogen-bond acceptors (Lipinski definition) is 3. The van der Waals surface area contributed by atoms with E-state index in [0.717, 1.165) is 56.9 Å². The number of aromatic nitrogens is 4. The largest absolute Gasteiger partial charge is 0.319 e. The zero-order chi connectivity index (χ0) is 35.0. The van der Waals surface area contributed by atoms with Crippen LogP contribution < -0.4 is 5.32 Å². The molecule has 1 amide bonds. The Morgan fingerprint density at radius 3 is 1.90 bits per heavy atom. The van der Waals surface area contributed by atoms with Crippen molar-refractivity contribution in [3.8, 4) is 22.4 Å². The molecule has 51 heavy (non-hydrogen) atoms. The van der Waals surface area contributed by atoms with Crippen LogP contribution in [-0.4, -0.2) is 25.1 Å². The van der Waals surface area contributed by atoms with E-state index in [9.17, 15) is 13.6 Å². The van der Waals surface area contributed by atoms with Crippen molar-refractivity contribution in [3.05, 3.63) is 203 Å². The lowest BCUT2D eigenvalue weighted by atomic mass is 9.77. The van der Waals surface area contributed by atoms with E-state index in [4.69, 9.17) is 16.7 Å². The minimum Gasteiger partial charge on any atom is -0.319 e. The number of anilines is 1. The van der Waals surface area contributed by atoms with Crippen molar-refractivity contribution in [2.24, 2.45) is 0 Å².